The van der Waals surface area contributed by atoms with Crippen molar-refractivity contribution in [2.45, 2.75) is 32.2 Å². The molecule has 1 N–H and O–H groups in total. The number of ether oxygens (including phenoxy) is 1. The van der Waals surface area contributed by atoms with Gasteiger partial charge in [-0.25, -0.2) is 0 Å². The van der Waals surface area contributed by atoms with Crippen LogP contribution in [-0.2, 0) is 4.79 Å². The molecule has 2 atom stereocenters. The molecule has 2 aliphatic heterocycles. The van der Waals surface area contributed by atoms with Crippen molar-refractivity contribution in [1.29, 1.82) is 0 Å². The monoisotopic (exact) mass is 417 g/mol. The van der Waals surface area contributed by atoms with Crippen molar-refractivity contribution in [2.24, 2.45) is 5.92 Å². The van der Waals surface area contributed by atoms with Crippen LogP contribution in [0.3, 0.4) is 0 Å². The summed E-state index contributed by atoms with van der Waals surface area (Å²) in [5.74, 6) is 1.93. The summed E-state index contributed by atoms with van der Waals surface area (Å²) in [7, 11) is 1.70. The van der Waals surface area contributed by atoms with Crippen LogP contribution in [0.25, 0.3) is 0 Å². The third-order valence-electron chi connectivity index (χ3n) is 5.72. The summed E-state index contributed by atoms with van der Waals surface area (Å²) in [4.78, 5) is 17.0. The fourth-order valence-corrected chi connectivity index (χ4v) is 3.92. The van der Waals surface area contributed by atoms with E-state index in [1.54, 1.807) is 7.11 Å². The number of amides is 1. The van der Waals surface area contributed by atoms with E-state index in [1.807, 2.05) is 12.1 Å². The molecule has 1 aromatic rings. The highest BCUT2D eigenvalue weighted by Crippen LogP contribution is 2.25. The summed E-state index contributed by atoms with van der Waals surface area (Å²) in [6.07, 6.45) is 2.96. The van der Waals surface area contributed by atoms with Gasteiger partial charge in [0.2, 0.25) is 5.91 Å². The van der Waals surface area contributed by atoms with E-state index in [4.69, 9.17) is 4.74 Å². The standard InChI is InChI=1S/C20H31N3O2.2ClH/c1-16(18-4-3-5-19(14-18)25-2)22-10-12-23(13-11-22)20(24)7-6-17-8-9-21-15-17;;/h3-5,14,16-17,21H,6-13,15H2,1-2H3;2*1H. The highest BCUT2D eigenvalue weighted by molar-refractivity contribution is 5.85. The summed E-state index contributed by atoms with van der Waals surface area (Å²) >= 11 is 0. The van der Waals surface area contributed by atoms with Gasteiger partial charge >= 0.3 is 0 Å². The second-order valence-electron chi connectivity index (χ2n) is 7.27. The lowest BCUT2D eigenvalue weighted by molar-refractivity contribution is -0.133. The summed E-state index contributed by atoms with van der Waals surface area (Å²) in [5, 5.41) is 3.38. The predicted octanol–water partition coefficient (Wildman–Crippen LogP) is 3.13. The number of hydrogen-bond acceptors (Lipinski definition) is 4. The van der Waals surface area contributed by atoms with E-state index in [2.05, 4.69) is 34.2 Å². The van der Waals surface area contributed by atoms with E-state index >= 15 is 0 Å². The number of carbonyl (C=O) groups is 1. The van der Waals surface area contributed by atoms with Gasteiger partial charge < -0.3 is 15.0 Å². The first kappa shape index (κ1) is 24.0. The lowest BCUT2D eigenvalue weighted by Gasteiger charge is -2.38. The Labute approximate surface area is 175 Å². The quantitative estimate of drug-likeness (QED) is 0.771. The van der Waals surface area contributed by atoms with Crippen LogP contribution < -0.4 is 10.1 Å². The van der Waals surface area contributed by atoms with Crippen molar-refractivity contribution in [1.82, 2.24) is 15.1 Å². The molecule has 27 heavy (non-hydrogen) atoms. The van der Waals surface area contributed by atoms with E-state index in [0.717, 1.165) is 51.4 Å². The molecule has 2 saturated heterocycles. The Morgan fingerprint density at radius 2 is 2.00 bits per heavy atom. The van der Waals surface area contributed by atoms with Crippen LogP contribution in [-0.4, -0.2) is 62.1 Å². The fourth-order valence-electron chi connectivity index (χ4n) is 3.92. The van der Waals surface area contributed by atoms with Gasteiger partial charge in [-0.1, -0.05) is 12.1 Å². The van der Waals surface area contributed by atoms with Gasteiger partial charge in [0, 0.05) is 38.6 Å². The highest BCUT2D eigenvalue weighted by Gasteiger charge is 2.25. The van der Waals surface area contributed by atoms with E-state index in [1.165, 1.54) is 12.0 Å². The third-order valence-corrected chi connectivity index (χ3v) is 5.72. The molecule has 0 aromatic heterocycles. The van der Waals surface area contributed by atoms with Crippen molar-refractivity contribution in [2.75, 3.05) is 46.4 Å². The number of piperazine rings is 1. The molecule has 3 rings (SSSR count). The zero-order valence-electron chi connectivity index (χ0n) is 16.4. The molecule has 0 spiro atoms. The van der Waals surface area contributed by atoms with Crippen LogP contribution in [0.15, 0.2) is 24.3 Å². The summed E-state index contributed by atoms with van der Waals surface area (Å²) in [6.45, 7) is 7.99. The van der Waals surface area contributed by atoms with Crippen molar-refractivity contribution < 1.29 is 9.53 Å². The smallest absolute Gasteiger partial charge is 0.222 e. The Hall–Kier alpha value is -1.01. The van der Waals surface area contributed by atoms with E-state index in [0.29, 0.717) is 24.3 Å². The predicted molar refractivity (Wildman–Crippen MR) is 114 cm³/mol. The Morgan fingerprint density at radius 3 is 2.63 bits per heavy atom. The molecule has 7 heteroatoms. The van der Waals surface area contributed by atoms with Crippen LogP contribution in [0, 0.1) is 5.92 Å². The summed E-state index contributed by atoms with van der Waals surface area (Å²) < 4.78 is 5.33. The molecule has 5 nitrogen and oxygen atoms in total. The zero-order chi connectivity index (χ0) is 17.6. The van der Waals surface area contributed by atoms with Crippen LogP contribution in [0.1, 0.15) is 37.8 Å². The number of rotatable bonds is 6. The highest BCUT2D eigenvalue weighted by atomic mass is 35.5. The topological polar surface area (TPSA) is 44.8 Å². The van der Waals surface area contributed by atoms with E-state index in [9.17, 15) is 4.79 Å². The first-order chi connectivity index (χ1) is 12.2. The van der Waals surface area contributed by atoms with Crippen LogP contribution in [0.2, 0.25) is 0 Å². The van der Waals surface area contributed by atoms with Gasteiger partial charge in [0.25, 0.3) is 0 Å². The van der Waals surface area contributed by atoms with Gasteiger partial charge in [-0.05, 0) is 56.5 Å². The van der Waals surface area contributed by atoms with E-state index in [-0.39, 0.29) is 24.8 Å². The second-order valence-corrected chi connectivity index (χ2v) is 7.27. The summed E-state index contributed by atoms with van der Waals surface area (Å²) in [6, 6.07) is 8.63. The average Bonchev–Trinajstić information content (AvgIpc) is 3.19. The maximum atomic E-state index is 12.5. The van der Waals surface area contributed by atoms with Gasteiger partial charge in [0.15, 0.2) is 0 Å². The number of halogens is 2. The van der Waals surface area contributed by atoms with Crippen molar-refractivity contribution in [3.05, 3.63) is 29.8 Å². The molecule has 0 radical (unpaired) electrons. The normalized spacial score (nSPS) is 21.1. The fraction of sp³-hybridized carbons (Fsp3) is 0.650. The Bertz CT molecular complexity index is 574. The van der Waals surface area contributed by atoms with Gasteiger partial charge in [0.1, 0.15) is 5.75 Å². The minimum Gasteiger partial charge on any atom is -0.497 e. The number of benzene rings is 1. The van der Waals surface area contributed by atoms with E-state index < -0.39 is 0 Å². The number of nitrogens with one attached hydrogen (secondary N) is 1. The molecular weight excluding hydrogens is 385 g/mol. The minimum absolute atomic E-state index is 0. The lowest BCUT2D eigenvalue weighted by atomic mass is 10.0. The SMILES string of the molecule is COc1cccc(C(C)N2CCN(C(=O)CCC3CCNC3)CC2)c1.Cl.Cl. The maximum absolute atomic E-state index is 12.5. The maximum Gasteiger partial charge on any atom is 0.222 e. The molecule has 0 bridgehead atoms. The molecule has 2 fully saturated rings. The third kappa shape index (κ3) is 6.53. The molecule has 0 saturated carbocycles. The van der Waals surface area contributed by atoms with Crippen molar-refractivity contribution in [3.63, 3.8) is 0 Å². The average molecular weight is 418 g/mol. The van der Waals surface area contributed by atoms with Crippen LogP contribution in [0.5, 0.6) is 5.75 Å². The van der Waals surface area contributed by atoms with Crippen molar-refractivity contribution in [3.8, 4) is 5.75 Å². The number of hydrogen-bond donors (Lipinski definition) is 1. The molecule has 0 aliphatic carbocycles. The molecule has 154 valence electrons. The van der Waals surface area contributed by atoms with Gasteiger partial charge in [-0.15, -0.1) is 24.8 Å². The van der Waals surface area contributed by atoms with Gasteiger partial charge in [-0.2, -0.15) is 0 Å². The second kappa shape index (κ2) is 11.7. The lowest BCUT2D eigenvalue weighted by Crippen LogP contribution is -2.49. The Kier molecular flexibility index (Phi) is 10.5. The number of methoxy groups -OCH3 is 1. The summed E-state index contributed by atoms with van der Waals surface area (Å²) in [5.41, 5.74) is 1.27. The minimum atomic E-state index is 0. The number of nitrogens with zero attached hydrogens (tertiary/aromatic N) is 2. The molecule has 2 unspecified atom stereocenters. The molecule has 1 aromatic carbocycles. The Morgan fingerprint density at radius 1 is 1.26 bits per heavy atom. The first-order valence-electron chi connectivity index (χ1n) is 9.54. The molecule has 1 amide bonds. The van der Waals surface area contributed by atoms with Crippen molar-refractivity contribution >= 4 is 30.7 Å². The first-order valence-corrected chi connectivity index (χ1v) is 9.54. The Balaban J connectivity index is 0.00000182. The van der Waals surface area contributed by atoms with Gasteiger partial charge in [0.05, 0.1) is 7.11 Å². The molecular formula is C20H33Cl2N3O2. The van der Waals surface area contributed by atoms with Gasteiger partial charge in [-0.3, -0.25) is 9.69 Å². The van der Waals surface area contributed by atoms with Crippen LogP contribution in [0.4, 0.5) is 0 Å². The molecule has 2 heterocycles. The number of carbonyl (C=O) groups excluding carboxylic acids is 1. The molecule has 2 aliphatic rings. The van der Waals surface area contributed by atoms with Crippen LogP contribution >= 0.6 is 24.8 Å². The zero-order valence-corrected chi connectivity index (χ0v) is 18.0. The largest absolute Gasteiger partial charge is 0.497 e.